The van der Waals surface area contributed by atoms with Crippen LogP contribution in [-0.2, 0) is 14.2 Å². The zero-order valence-corrected chi connectivity index (χ0v) is 14.9. The molecule has 0 aromatic rings. The number of hydrogen-bond donors (Lipinski definition) is 8. The summed E-state index contributed by atoms with van der Waals surface area (Å²) in [6, 6.07) is 0. The van der Waals surface area contributed by atoms with Crippen LogP contribution in [-0.4, -0.2) is 153 Å². The Morgan fingerprint density at radius 2 is 1.25 bits per heavy atom. The second-order valence-corrected chi connectivity index (χ2v) is 5.53. The van der Waals surface area contributed by atoms with Crippen molar-refractivity contribution in [2.45, 2.75) is 61.4 Å². The Kier molecular flexibility index (Phi) is 9.21. The van der Waals surface area contributed by atoms with Crippen LogP contribution in [0.3, 0.4) is 0 Å². The molecule has 10 atom stereocenters. The molecule has 2 fully saturated rings. The quantitative estimate of drug-likeness (QED) is 0.216. The molecule has 0 spiro atoms. The summed E-state index contributed by atoms with van der Waals surface area (Å²) in [6.07, 6.45) is -15.6. The average molecular weight is 382 g/mol. The fraction of sp³-hybridized carbons (Fsp3) is 1.00. The number of hydrogen-bond acceptors (Lipinski definition) is 11. The standard InChI is InChI=1S/C12H22O11.Ca/c13-1-3-5(15)6(16)9(19)12(22-3)23-10-4(2-14)21-11(20)8(18)7(10)17;/h3-20H,1-2H2;/t3-,4-,5+,6+,7-,8-,9-,10-,11-,12+;/m1./s1. The van der Waals surface area contributed by atoms with Crippen LogP contribution in [0.2, 0.25) is 0 Å². The SMILES string of the molecule is OC[C@H]1O[C@@H](O[C@H]2[C@H](O)[C@@H](O)[C@H](O)O[C@@H]2CO)[C@H](O)[C@@H](O)[C@H]1O.[Ca]. The van der Waals surface area contributed by atoms with Crippen molar-refractivity contribution in [3.05, 3.63) is 0 Å². The third kappa shape index (κ3) is 4.56. The molecule has 0 aromatic carbocycles. The van der Waals surface area contributed by atoms with E-state index in [4.69, 9.17) is 19.3 Å². The Hall–Kier alpha value is 0.820. The summed E-state index contributed by atoms with van der Waals surface area (Å²) in [4.78, 5) is 0. The van der Waals surface area contributed by atoms with E-state index in [9.17, 15) is 35.7 Å². The van der Waals surface area contributed by atoms with Crippen LogP contribution in [0.4, 0.5) is 0 Å². The van der Waals surface area contributed by atoms with Crippen molar-refractivity contribution in [2.75, 3.05) is 13.2 Å². The molecule has 0 amide bonds. The van der Waals surface area contributed by atoms with Crippen molar-refractivity contribution in [2.24, 2.45) is 0 Å². The van der Waals surface area contributed by atoms with E-state index in [0.29, 0.717) is 0 Å². The average Bonchev–Trinajstić information content (AvgIpc) is 2.55. The van der Waals surface area contributed by atoms with Crippen molar-refractivity contribution >= 4 is 37.7 Å². The predicted molar refractivity (Wildman–Crippen MR) is 74.4 cm³/mol. The first-order valence-corrected chi connectivity index (χ1v) is 7.08. The van der Waals surface area contributed by atoms with Gasteiger partial charge in [0.25, 0.3) is 0 Å². The summed E-state index contributed by atoms with van der Waals surface area (Å²) in [5.74, 6) is 0. The molecular formula is C12H22CaO11. The van der Waals surface area contributed by atoms with E-state index in [1.54, 1.807) is 0 Å². The van der Waals surface area contributed by atoms with Gasteiger partial charge in [0.1, 0.15) is 48.8 Å². The Bertz CT molecular complexity index is 384. The Morgan fingerprint density at radius 3 is 1.79 bits per heavy atom. The Balaban J connectivity index is 0.00000288. The van der Waals surface area contributed by atoms with Gasteiger partial charge < -0.3 is 55.1 Å². The van der Waals surface area contributed by atoms with Crippen LogP contribution < -0.4 is 0 Å². The van der Waals surface area contributed by atoms with Gasteiger partial charge in [0.2, 0.25) is 0 Å². The molecule has 2 heterocycles. The van der Waals surface area contributed by atoms with Gasteiger partial charge in [-0.05, 0) is 0 Å². The van der Waals surface area contributed by atoms with Gasteiger partial charge in [-0.25, -0.2) is 0 Å². The summed E-state index contributed by atoms with van der Waals surface area (Å²) >= 11 is 0. The van der Waals surface area contributed by atoms with Gasteiger partial charge in [-0.3, -0.25) is 0 Å². The third-order valence-corrected chi connectivity index (χ3v) is 3.98. The maximum Gasteiger partial charge on any atom is 0.187 e. The van der Waals surface area contributed by atoms with Crippen LogP contribution in [0.1, 0.15) is 0 Å². The van der Waals surface area contributed by atoms with Gasteiger partial charge in [0.05, 0.1) is 13.2 Å². The van der Waals surface area contributed by atoms with E-state index in [2.05, 4.69) is 0 Å². The van der Waals surface area contributed by atoms with Crippen molar-refractivity contribution in [1.82, 2.24) is 0 Å². The first-order valence-electron chi connectivity index (χ1n) is 7.08. The fourth-order valence-corrected chi connectivity index (χ4v) is 2.57. The molecule has 8 N–H and O–H groups in total. The van der Waals surface area contributed by atoms with Gasteiger partial charge in [-0.2, -0.15) is 0 Å². The van der Waals surface area contributed by atoms with Crippen LogP contribution in [0, 0.1) is 0 Å². The molecule has 12 heteroatoms. The minimum absolute atomic E-state index is 0. The van der Waals surface area contributed by atoms with Gasteiger partial charge in [-0.15, -0.1) is 0 Å². The van der Waals surface area contributed by atoms with Gasteiger partial charge in [0.15, 0.2) is 12.6 Å². The van der Waals surface area contributed by atoms with Gasteiger partial charge in [0, 0.05) is 37.7 Å². The Labute approximate surface area is 167 Å². The minimum atomic E-state index is -1.74. The van der Waals surface area contributed by atoms with E-state index in [0.717, 1.165) is 0 Å². The zero-order chi connectivity index (χ0) is 17.3. The molecule has 2 aliphatic rings. The molecule has 0 saturated carbocycles. The topological polar surface area (TPSA) is 190 Å². The van der Waals surface area contributed by atoms with Crippen LogP contribution in [0.25, 0.3) is 0 Å². The van der Waals surface area contributed by atoms with Crippen LogP contribution in [0.15, 0.2) is 0 Å². The molecule has 2 radical (unpaired) electrons. The molecule has 0 unspecified atom stereocenters. The molecule has 0 bridgehead atoms. The molecule has 2 rings (SSSR count). The molecule has 24 heavy (non-hydrogen) atoms. The monoisotopic (exact) mass is 382 g/mol. The van der Waals surface area contributed by atoms with Crippen LogP contribution in [0.5, 0.6) is 0 Å². The number of ether oxygens (including phenoxy) is 3. The van der Waals surface area contributed by atoms with E-state index >= 15 is 0 Å². The van der Waals surface area contributed by atoms with Crippen LogP contribution >= 0.6 is 0 Å². The maximum absolute atomic E-state index is 9.94. The van der Waals surface area contributed by atoms with E-state index < -0.39 is 74.6 Å². The summed E-state index contributed by atoms with van der Waals surface area (Å²) < 4.78 is 15.3. The molecule has 0 aromatic heterocycles. The molecule has 2 aliphatic heterocycles. The third-order valence-electron chi connectivity index (χ3n) is 3.98. The van der Waals surface area contributed by atoms with Crippen molar-refractivity contribution < 1.29 is 55.1 Å². The molecule has 138 valence electrons. The summed E-state index contributed by atoms with van der Waals surface area (Å²) in [5, 5.41) is 76.5. The summed E-state index contributed by atoms with van der Waals surface area (Å²) in [6.45, 7) is -1.35. The van der Waals surface area contributed by atoms with Gasteiger partial charge >= 0.3 is 0 Å². The summed E-state index contributed by atoms with van der Waals surface area (Å²) in [7, 11) is 0. The molecule has 11 nitrogen and oxygen atoms in total. The Morgan fingerprint density at radius 1 is 0.667 bits per heavy atom. The van der Waals surface area contributed by atoms with E-state index in [1.165, 1.54) is 0 Å². The van der Waals surface area contributed by atoms with Crippen molar-refractivity contribution in [1.29, 1.82) is 0 Å². The molecular weight excluding hydrogens is 360 g/mol. The molecule has 0 aliphatic carbocycles. The largest absolute Gasteiger partial charge is 0.394 e. The first kappa shape index (κ1) is 22.9. The first-order chi connectivity index (χ1) is 10.8. The normalized spacial score (nSPS) is 49.5. The number of rotatable bonds is 4. The second kappa shape index (κ2) is 9.67. The van der Waals surface area contributed by atoms with Crippen molar-refractivity contribution in [3.8, 4) is 0 Å². The minimum Gasteiger partial charge on any atom is -0.394 e. The van der Waals surface area contributed by atoms with Gasteiger partial charge in [-0.1, -0.05) is 0 Å². The van der Waals surface area contributed by atoms with E-state index in [-0.39, 0.29) is 37.7 Å². The number of aliphatic hydroxyl groups excluding tert-OH is 8. The van der Waals surface area contributed by atoms with E-state index in [1.807, 2.05) is 0 Å². The smallest absolute Gasteiger partial charge is 0.187 e. The fourth-order valence-electron chi connectivity index (χ4n) is 2.57. The predicted octanol–water partition coefficient (Wildman–Crippen LogP) is -5.78. The second-order valence-electron chi connectivity index (χ2n) is 5.53. The maximum atomic E-state index is 9.94. The van der Waals surface area contributed by atoms with Crippen molar-refractivity contribution in [3.63, 3.8) is 0 Å². The summed E-state index contributed by atoms with van der Waals surface area (Å²) in [5.41, 5.74) is 0. The zero-order valence-electron chi connectivity index (χ0n) is 12.7. The number of aliphatic hydroxyl groups is 8. The molecule has 2 saturated heterocycles.